The first kappa shape index (κ1) is 31.4. The molecule has 6 rings (SSSR count). The van der Waals surface area contributed by atoms with Crippen molar-refractivity contribution >= 4 is 0 Å². The summed E-state index contributed by atoms with van der Waals surface area (Å²) in [6.07, 6.45) is -1.07. The highest BCUT2D eigenvalue weighted by Crippen LogP contribution is 2.56. The number of benzene rings is 4. The van der Waals surface area contributed by atoms with Crippen LogP contribution in [-0.2, 0) is 15.9 Å². The third-order valence-corrected chi connectivity index (χ3v) is 8.98. The van der Waals surface area contributed by atoms with E-state index in [-0.39, 0.29) is 12.0 Å². The Morgan fingerprint density at radius 2 is 1.15 bits per heavy atom. The fraction of sp³-hybridized carbons (Fsp3) is 0.351. The maximum atomic E-state index is 7.02. The van der Waals surface area contributed by atoms with Crippen molar-refractivity contribution < 1.29 is 42.6 Å². The van der Waals surface area contributed by atoms with Crippen LogP contribution in [0.25, 0.3) is 0 Å². The van der Waals surface area contributed by atoms with Crippen molar-refractivity contribution in [3.05, 3.63) is 101 Å². The van der Waals surface area contributed by atoms with Crippen molar-refractivity contribution in [2.45, 2.75) is 36.8 Å². The van der Waals surface area contributed by atoms with Crippen LogP contribution in [0.5, 0.6) is 40.2 Å². The van der Waals surface area contributed by atoms with Gasteiger partial charge in [-0.25, -0.2) is 0 Å². The molecule has 0 radical (unpaired) electrons. The minimum atomic E-state index is -0.476. The minimum absolute atomic E-state index is 0.271. The molecular formula is C37H40O9. The van der Waals surface area contributed by atoms with Crippen LogP contribution in [-0.4, -0.2) is 62.0 Å². The Kier molecular flexibility index (Phi) is 9.15. The summed E-state index contributed by atoms with van der Waals surface area (Å²) in [6, 6.07) is 23.5. The lowest BCUT2D eigenvalue weighted by Crippen LogP contribution is -2.38. The van der Waals surface area contributed by atoms with Crippen molar-refractivity contribution in [2.24, 2.45) is 0 Å². The molecule has 0 fully saturated rings. The highest BCUT2D eigenvalue weighted by atomic mass is 16.6. The van der Waals surface area contributed by atoms with E-state index in [2.05, 4.69) is 0 Å². The number of fused-ring (bicyclic) bond motifs is 2. The van der Waals surface area contributed by atoms with Gasteiger partial charge in [-0.1, -0.05) is 30.3 Å². The summed E-state index contributed by atoms with van der Waals surface area (Å²) < 4.78 is 54.6. The Labute approximate surface area is 269 Å². The second kappa shape index (κ2) is 13.4. The van der Waals surface area contributed by atoms with Crippen LogP contribution in [0.4, 0.5) is 0 Å². The Morgan fingerprint density at radius 1 is 0.565 bits per heavy atom. The van der Waals surface area contributed by atoms with Crippen molar-refractivity contribution in [1.82, 2.24) is 0 Å². The van der Waals surface area contributed by atoms with Gasteiger partial charge in [-0.15, -0.1) is 0 Å². The van der Waals surface area contributed by atoms with Crippen molar-refractivity contribution in [2.75, 3.05) is 49.8 Å². The molecular weight excluding hydrogens is 588 g/mol. The zero-order valence-corrected chi connectivity index (χ0v) is 27.2. The summed E-state index contributed by atoms with van der Waals surface area (Å²) in [5, 5.41) is 0. The van der Waals surface area contributed by atoms with Crippen LogP contribution >= 0.6 is 0 Å². The van der Waals surface area contributed by atoms with Gasteiger partial charge in [-0.2, -0.15) is 0 Å². The molecule has 0 bridgehead atoms. The zero-order valence-electron chi connectivity index (χ0n) is 27.2. The SMILES string of the molecule is COc1ccc(C2Oc3c(c(OC)cc(OC)c3C3c4ccc(OC)cc4OC(c4ccc(OC)cc4)C3OC)CC2OC)cc1. The summed E-state index contributed by atoms with van der Waals surface area (Å²) in [7, 11) is 11.7. The van der Waals surface area contributed by atoms with E-state index in [1.54, 1.807) is 49.8 Å². The normalized spacial score (nSPS) is 21.6. The maximum Gasteiger partial charge on any atom is 0.151 e. The van der Waals surface area contributed by atoms with Gasteiger partial charge >= 0.3 is 0 Å². The molecule has 242 valence electrons. The van der Waals surface area contributed by atoms with Gasteiger partial charge in [0.25, 0.3) is 0 Å². The van der Waals surface area contributed by atoms with Gasteiger partial charge < -0.3 is 42.6 Å². The molecule has 0 aliphatic carbocycles. The van der Waals surface area contributed by atoms with Crippen LogP contribution in [0.1, 0.15) is 45.9 Å². The van der Waals surface area contributed by atoms with Gasteiger partial charge in [-0.3, -0.25) is 0 Å². The van der Waals surface area contributed by atoms with Gasteiger partial charge in [0.05, 0.1) is 41.5 Å². The van der Waals surface area contributed by atoms with Crippen LogP contribution < -0.4 is 33.2 Å². The highest BCUT2D eigenvalue weighted by molar-refractivity contribution is 5.64. The van der Waals surface area contributed by atoms with E-state index in [1.165, 1.54) is 0 Å². The average Bonchev–Trinajstić information content (AvgIpc) is 3.12. The molecule has 9 heteroatoms. The van der Waals surface area contributed by atoms with Gasteiger partial charge in [0.15, 0.2) is 12.2 Å². The standard InChI is InChI=1S/C37H40O9/c1-38-23-12-8-21(9-13-23)34-31(43-6)19-27-28(41-4)20-30(42-5)33(36(27)46-34)32-26-17-16-25(40-3)18-29(26)45-35(37(32)44-7)22-10-14-24(39-2)15-11-22/h8-18,20,31-32,34-35,37H,19H2,1-7H3. The number of hydrogen-bond acceptors (Lipinski definition) is 9. The number of rotatable bonds is 10. The molecule has 2 aliphatic rings. The Bertz CT molecular complexity index is 1650. The number of ether oxygens (including phenoxy) is 9. The van der Waals surface area contributed by atoms with E-state index in [0.29, 0.717) is 35.2 Å². The van der Waals surface area contributed by atoms with E-state index in [9.17, 15) is 0 Å². The Balaban J connectivity index is 1.57. The fourth-order valence-electron chi connectivity index (χ4n) is 6.63. The molecule has 0 spiro atoms. The number of hydrogen-bond donors (Lipinski definition) is 0. The van der Waals surface area contributed by atoms with Crippen molar-refractivity contribution in [1.29, 1.82) is 0 Å². The van der Waals surface area contributed by atoms with Gasteiger partial charge in [0.1, 0.15) is 52.5 Å². The van der Waals surface area contributed by atoms with E-state index >= 15 is 0 Å². The summed E-state index contributed by atoms with van der Waals surface area (Å²) in [6.45, 7) is 0. The van der Waals surface area contributed by atoms with E-state index in [0.717, 1.165) is 39.3 Å². The summed E-state index contributed by atoms with van der Waals surface area (Å²) in [4.78, 5) is 0. The smallest absolute Gasteiger partial charge is 0.151 e. The molecule has 2 aliphatic heterocycles. The quantitative estimate of drug-likeness (QED) is 0.191. The molecule has 9 nitrogen and oxygen atoms in total. The van der Waals surface area contributed by atoms with E-state index in [1.807, 2.05) is 72.8 Å². The van der Waals surface area contributed by atoms with Crippen molar-refractivity contribution in [3.63, 3.8) is 0 Å². The molecule has 0 N–H and O–H groups in total. The molecule has 5 atom stereocenters. The molecule has 46 heavy (non-hydrogen) atoms. The molecule has 0 saturated carbocycles. The lowest BCUT2D eigenvalue weighted by Gasteiger charge is -2.42. The molecule has 4 aromatic rings. The second-order valence-corrected chi connectivity index (χ2v) is 11.2. The van der Waals surface area contributed by atoms with Crippen LogP contribution in [0.3, 0.4) is 0 Å². The van der Waals surface area contributed by atoms with E-state index < -0.39 is 18.3 Å². The minimum Gasteiger partial charge on any atom is -0.497 e. The first-order valence-electron chi connectivity index (χ1n) is 15.1. The molecule has 0 saturated heterocycles. The molecule has 0 amide bonds. The molecule has 5 unspecified atom stereocenters. The molecule has 0 aromatic heterocycles. The first-order valence-corrected chi connectivity index (χ1v) is 15.1. The molecule has 4 aromatic carbocycles. The summed E-state index contributed by atoms with van der Waals surface area (Å²) >= 11 is 0. The summed E-state index contributed by atoms with van der Waals surface area (Å²) in [5.41, 5.74) is 4.55. The van der Waals surface area contributed by atoms with Gasteiger partial charge in [0, 0.05) is 49.5 Å². The predicted molar refractivity (Wildman–Crippen MR) is 172 cm³/mol. The molecule has 2 heterocycles. The first-order chi connectivity index (χ1) is 22.5. The second-order valence-electron chi connectivity index (χ2n) is 11.2. The third kappa shape index (κ3) is 5.54. The van der Waals surface area contributed by atoms with Crippen LogP contribution in [0, 0.1) is 0 Å². The average molecular weight is 629 g/mol. The zero-order chi connectivity index (χ0) is 32.4. The maximum absolute atomic E-state index is 7.02. The topological polar surface area (TPSA) is 83.1 Å². The lowest BCUT2D eigenvalue weighted by molar-refractivity contribution is -0.0279. The summed E-state index contributed by atoms with van der Waals surface area (Å²) in [5.74, 6) is 4.47. The van der Waals surface area contributed by atoms with E-state index in [4.69, 9.17) is 42.6 Å². The Morgan fingerprint density at radius 3 is 1.70 bits per heavy atom. The Hall–Kier alpha value is -4.60. The van der Waals surface area contributed by atoms with Crippen molar-refractivity contribution in [3.8, 4) is 40.2 Å². The number of methoxy groups -OCH3 is 7. The third-order valence-electron chi connectivity index (χ3n) is 8.98. The largest absolute Gasteiger partial charge is 0.497 e. The fourth-order valence-corrected chi connectivity index (χ4v) is 6.63. The highest BCUT2D eigenvalue weighted by Gasteiger charge is 2.46. The van der Waals surface area contributed by atoms with Crippen LogP contribution in [0.15, 0.2) is 72.8 Å². The van der Waals surface area contributed by atoms with Gasteiger partial charge in [0.2, 0.25) is 0 Å². The van der Waals surface area contributed by atoms with Gasteiger partial charge in [-0.05, 0) is 41.5 Å². The van der Waals surface area contributed by atoms with Crippen LogP contribution in [0.2, 0.25) is 0 Å². The predicted octanol–water partition coefficient (Wildman–Crippen LogP) is 6.70. The lowest BCUT2D eigenvalue weighted by atomic mass is 9.77. The monoisotopic (exact) mass is 628 g/mol.